The third kappa shape index (κ3) is 3.83. The van der Waals surface area contributed by atoms with E-state index in [4.69, 9.17) is 4.74 Å². The number of rotatable bonds is 6. The number of fused-ring (bicyclic) bond motifs is 1. The van der Waals surface area contributed by atoms with Crippen LogP contribution in [0.25, 0.3) is 0 Å². The quantitative estimate of drug-likeness (QED) is 0.857. The molecule has 1 aliphatic carbocycles. The van der Waals surface area contributed by atoms with Crippen LogP contribution in [-0.4, -0.2) is 51.2 Å². The number of aliphatic hydroxyl groups is 1. The molecule has 0 saturated heterocycles. The van der Waals surface area contributed by atoms with Crippen LogP contribution < -0.4 is 0 Å². The van der Waals surface area contributed by atoms with E-state index in [0.29, 0.717) is 4.90 Å². The van der Waals surface area contributed by atoms with Gasteiger partial charge in [-0.15, -0.1) is 0 Å². The lowest BCUT2D eigenvalue weighted by molar-refractivity contribution is 0.0554. The van der Waals surface area contributed by atoms with Gasteiger partial charge in [0.1, 0.15) is 0 Å². The number of aliphatic hydroxyl groups excluding tert-OH is 1. The maximum Gasteiger partial charge on any atom is 0.242 e. The molecule has 5 nitrogen and oxygen atoms in total. The molecule has 0 aliphatic heterocycles. The lowest BCUT2D eigenvalue weighted by Gasteiger charge is -2.22. The van der Waals surface area contributed by atoms with Crippen LogP contribution >= 0.6 is 0 Å². The summed E-state index contributed by atoms with van der Waals surface area (Å²) in [4.78, 5) is 0.301. The molecule has 1 unspecified atom stereocenters. The number of benzene rings is 1. The maximum absolute atomic E-state index is 12.5. The minimum absolute atomic E-state index is 0.0211. The molecule has 0 heterocycles. The summed E-state index contributed by atoms with van der Waals surface area (Å²) in [6, 6.07) is 5.36. The van der Waals surface area contributed by atoms with Crippen molar-refractivity contribution in [2.24, 2.45) is 0 Å². The van der Waals surface area contributed by atoms with Crippen molar-refractivity contribution in [3.05, 3.63) is 29.3 Å². The molecule has 0 radical (unpaired) electrons. The first-order valence-electron chi connectivity index (χ1n) is 7.20. The lowest BCUT2D eigenvalue weighted by Crippen LogP contribution is -2.36. The molecule has 1 aromatic carbocycles. The monoisotopic (exact) mass is 313 g/mol. The maximum atomic E-state index is 12.5. The van der Waals surface area contributed by atoms with Crippen molar-refractivity contribution in [2.75, 3.05) is 27.3 Å². The van der Waals surface area contributed by atoms with E-state index in [2.05, 4.69) is 0 Å². The highest BCUT2D eigenvalue weighted by atomic mass is 32.2. The summed E-state index contributed by atoms with van der Waals surface area (Å²) in [5.74, 6) is 0. The number of hydrogen-bond donors (Lipinski definition) is 1. The molecule has 0 bridgehead atoms. The Morgan fingerprint density at radius 2 is 1.95 bits per heavy atom. The van der Waals surface area contributed by atoms with Gasteiger partial charge >= 0.3 is 0 Å². The first-order chi connectivity index (χ1) is 9.95. The van der Waals surface area contributed by atoms with E-state index in [-0.39, 0.29) is 13.2 Å². The van der Waals surface area contributed by atoms with E-state index < -0.39 is 16.1 Å². The zero-order valence-electron chi connectivity index (χ0n) is 12.6. The summed E-state index contributed by atoms with van der Waals surface area (Å²) in [6.45, 7) is 0.136. The second-order valence-corrected chi connectivity index (χ2v) is 7.58. The summed E-state index contributed by atoms with van der Waals surface area (Å²) in [5, 5.41) is 9.69. The van der Waals surface area contributed by atoms with Crippen molar-refractivity contribution in [1.82, 2.24) is 4.31 Å². The highest BCUT2D eigenvalue weighted by Crippen LogP contribution is 2.25. The van der Waals surface area contributed by atoms with Crippen LogP contribution in [0.2, 0.25) is 0 Å². The van der Waals surface area contributed by atoms with Crippen LogP contribution in [0.1, 0.15) is 24.0 Å². The molecule has 1 atom stereocenters. The molecule has 1 aromatic rings. The molecule has 6 heteroatoms. The Labute approximate surface area is 126 Å². The molecule has 118 valence electrons. The minimum Gasteiger partial charge on any atom is -0.389 e. The van der Waals surface area contributed by atoms with Gasteiger partial charge in [0.15, 0.2) is 0 Å². The number of likely N-dealkylation sites (N-methyl/N-ethyl adjacent to an activating group) is 1. The highest BCUT2D eigenvalue weighted by Gasteiger charge is 2.24. The van der Waals surface area contributed by atoms with E-state index in [1.165, 1.54) is 30.4 Å². The zero-order chi connectivity index (χ0) is 15.5. The third-order valence-corrected chi connectivity index (χ3v) is 5.67. The number of sulfonamides is 1. The second kappa shape index (κ2) is 6.87. The van der Waals surface area contributed by atoms with Gasteiger partial charge in [-0.1, -0.05) is 6.07 Å². The van der Waals surface area contributed by atoms with E-state index in [0.717, 1.165) is 24.8 Å². The Morgan fingerprint density at radius 3 is 2.62 bits per heavy atom. The number of methoxy groups -OCH3 is 1. The van der Waals surface area contributed by atoms with Gasteiger partial charge in [-0.3, -0.25) is 0 Å². The predicted molar refractivity (Wildman–Crippen MR) is 80.8 cm³/mol. The van der Waals surface area contributed by atoms with Crippen LogP contribution in [0, 0.1) is 0 Å². The number of hydrogen-bond acceptors (Lipinski definition) is 4. The molecule has 2 rings (SSSR count). The van der Waals surface area contributed by atoms with Gasteiger partial charge in [0, 0.05) is 20.7 Å². The van der Waals surface area contributed by atoms with Crippen molar-refractivity contribution in [2.45, 2.75) is 36.7 Å². The molecule has 0 fully saturated rings. The van der Waals surface area contributed by atoms with Gasteiger partial charge in [-0.2, -0.15) is 4.31 Å². The van der Waals surface area contributed by atoms with Crippen LogP contribution in [0.5, 0.6) is 0 Å². The predicted octanol–water partition coefficient (Wildman–Crippen LogP) is 1.19. The Morgan fingerprint density at radius 1 is 1.29 bits per heavy atom. The van der Waals surface area contributed by atoms with Crippen LogP contribution in [0.15, 0.2) is 23.1 Å². The van der Waals surface area contributed by atoms with E-state index in [9.17, 15) is 13.5 Å². The molecular weight excluding hydrogens is 290 g/mol. The average Bonchev–Trinajstić information content (AvgIpc) is 2.46. The molecule has 0 spiro atoms. The second-order valence-electron chi connectivity index (χ2n) is 5.53. The Kier molecular flexibility index (Phi) is 5.37. The van der Waals surface area contributed by atoms with Crippen molar-refractivity contribution in [3.63, 3.8) is 0 Å². The molecule has 21 heavy (non-hydrogen) atoms. The summed E-state index contributed by atoms with van der Waals surface area (Å²) < 4.78 is 31.1. The fraction of sp³-hybridized carbons (Fsp3) is 0.600. The standard InChI is InChI=1S/C15H23NO4S/c1-16(10-14(17)11-20-2)21(18,19)15-8-7-12-5-3-4-6-13(12)9-15/h7-9,14,17H,3-6,10-11H2,1-2H3. The summed E-state index contributed by atoms with van der Waals surface area (Å²) in [6.07, 6.45) is 3.42. The smallest absolute Gasteiger partial charge is 0.242 e. The van der Waals surface area contributed by atoms with Gasteiger partial charge in [-0.25, -0.2) is 8.42 Å². The molecule has 0 saturated carbocycles. The fourth-order valence-corrected chi connectivity index (χ4v) is 3.95. The molecule has 1 aliphatic rings. The van der Waals surface area contributed by atoms with Crippen molar-refractivity contribution < 1.29 is 18.3 Å². The van der Waals surface area contributed by atoms with E-state index in [1.54, 1.807) is 12.1 Å². The normalized spacial score (nSPS) is 16.8. The molecular formula is C15H23NO4S. The Bertz CT molecular complexity index is 585. The van der Waals surface area contributed by atoms with Gasteiger partial charge in [0.25, 0.3) is 0 Å². The van der Waals surface area contributed by atoms with Gasteiger partial charge < -0.3 is 9.84 Å². The number of ether oxygens (including phenoxy) is 1. The van der Waals surface area contributed by atoms with Crippen molar-refractivity contribution in [3.8, 4) is 0 Å². The lowest BCUT2D eigenvalue weighted by atomic mass is 9.92. The fourth-order valence-electron chi connectivity index (χ4n) is 2.69. The third-order valence-electron chi connectivity index (χ3n) is 3.86. The van der Waals surface area contributed by atoms with Crippen LogP contribution in [0.4, 0.5) is 0 Å². The van der Waals surface area contributed by atoms with Crippen molar-refractivity contribution >= 4 is 10.0 Å². The van der Waals surface area contributed by atoms with E-state index >= 15 is 0 Å². The van der Waals surface area contributed by atoms with Gasteiger partial charge in [0.05, 0.1) is 17.6 Å². The number of aryl methyl sites for hydroxylation is 2. The van der Waals surface area contributed by atoms with Gasteiger partial charge in [-0.05, 0) is 48.9 Å². The minimum atomic E-state index is -3.57. The summed E-state index contributed by atoms with van der Waals surface area (Å²) >= 11 is 0. The Balaban J connectivity index is 2.19. The average molecular weight is 313 g/mol. The highest BCUT2D eigenvalue weighted by molar-refractivity contribution is 7.89. The molecule has 0 aromatic heterocycles. The van der Waals surface area contributed by atoms with E-state index in [1.807, 2.05) is 6.07 Å². The molecule has 0 amide bonds. The van der Waals surface area contributed by atoms with Crippen LogP contribution in [-0.2, 0) is 27.6 Å². The summed E-state index contributed by atoms with van der Waals surface area (Å²) in [5.41, 5.74) is 2.38. The van der Waals surface area contributed by atoms with Crippen molar-refractivity contribution in [1.29, 1.82) is 0 Å². The Hall–Kier alpha value is -0.950. The summed E-state index contributed by atoms with van der Waals surface area (Å²) in [7, 11) is -0.615. The SMILES string of the molecule is COCC(O)CN(C)S(=O)(=O)c1ccc2c(c1)CCCC2. The largest absolute Gasteiger partial charge is 0.389 e. The zero-order valence-corrected chi connectivity index (χ0v) is 13.4. The first kappa shape index (κ1) is 16.4. The first-order valence-corrected chi connectivity index (χ1v) is 8.64. The topological polar surface area (TPSA) is 66.8 Å². The van der Waals surface area contributed by atoms with Crippen LogP contribution in [0.3, 0.4) is 0 Å². The number of nitrogens with zero attached hydrogens (tertiary/aromatic N) is 1. The van der Waals surface area contributed by atoms with Gasteiger partial charge in [0.2, 0.25) is 10.0 Å². The molecule has 1 N–H and O–H groups in total.